The number of furan rings is 1. The topological polar surface area (TPSA) is 13.1 Å². The van der Waals surface area contributed by atoms with Crippen LogP contribution in [0.4, 0.5) is 0 Å². The fourth-order valence-corrected chi connectivity index (χ4v) is 2.49. The fraction of sp³-hybridized carbons (Fsp3) is 0. The minimum Gasteiger partial charge on any atom is -0.456 e. The van der Waals surface area contributed by atoms with E-state index < -0.39 is 0 Å². The van der Waals surface area contributed by atoms with Gasteiger partial charge in [0.15, 0.2) is 0 Å². The minimum absolute atomic E-state index is 0.787. The second-order valence-electron chi connectivity index (χ2n) is 4.55. The number of para-hydroxylation sites is 1. The molecule has 0 saturated carbocycles. The van der Waals surface area contributed by atoms with Crippen molar-refractivity contribution in [2.24, 2.45) is 0 Å². The fourth-order valence-electron chi connectivity index (χ4n) is 2.49. The molecule has 2 heteroatoms. The van der Waals surface area contributed by atoms with E-state index in [1.165, 1.54) is 0 Å². The molecule has 1 heterocycles. The highest BCUT2D eigenvalue weighted by atomic mass is 16.3. The van der Waals surface area contributed by atoms with Crippen LogP contribution >= 0.6 is 0 Å². The summed E-state index contributed by atoms with van der Waals surface area (Å²) in [7, 11) is 5.83. The normalized spacial score (nSPS) is 11.6. The molecule has 0 spiro atoms. The Morgan fingerprint density at radius 3 is 2.56 bits per heavy atom. The lowest BCUT2D eigenvalue weighted by Crippen LogP contribution is -1.99. The SMILES string of the molecule is [B]c1ccc2cc3oc4ccccc4c3cc2c1. The molecule has 0 unspecified atom stereocenters. The van der Waals surface area contributed by atoms with Crippen molar-refractivity contribution in [2.75, 3.05) is 0 Å². The van der Waals surface area contributed by atoms with Crippen molar-refractivity contribution in [3.05, 3.63) is 54.6 Å². The van der Waals surface area contributed by atoms with Crippen LogP contribution < -0.4 is 5.46 Å². The number of hydrogen-bond acceptors (Lipinski definition) is 1. The molecule has 2 radical (unpaired) electrons. The van der Waals surface area contributed by atoms with E-state index in [1.807, 2.05) is 36.4 Å². The Balaban J connectivity index is 2.24. The average Bonchev–Trinajstić information content (AvgIpc) is 2.74. The number of fused-ring (bicyclic) bond motifs is 4. The van der Waals surface area contributed by atoms with Crippen LogP contribution in [0.25, 0.3) is 32.7 Å². The molecular weight excluding hydrogens is 219 g/mol. The quantitative estimate of drug-likeness (QED) is 0.419. The third-order valence-electron chi connectivity index (χ3n) is 3.36. The molecule has 0 fully saturated rings. The van der Waals surface area contributed by atoms with Gasteiger partial charge in [0.05, 0.1) is 0 Å². The molecule has 18 heavy (non-hydrogen) atoms. The van der Waals surface area contributed by atoms with Crippen molar-refractivity contribution in [1.82, 2.24) is 0 Å². The van der Waals surface area contributed by atoms with Gasteiger partial charge in [-0.3, -0.25) is 0 Å². The van der Waals surface area contributed by atoms with Gasteiger partial charge in [0.2, 0.25) is 0 Å². The highest BCUT2D eigenvalue weighted by Crippen LogP contribution is 2.31. The van der Waals surface area contributed by atoms with E-state index in [1.54, 1.807) is 0 Å². The summed E-state index contributed by atoms with van der Waals surface area (Å²) in [5.41, 5.74) is 2.64. The Morgan fingerprint density at radius 1 is 0.722 bits per heavy atom. The van der Waals surface area contributed by atoms with Gasteiger partial charge in [-0.2, -0.15) is 0 Å². The lowest BCUT2D eigenvalue weighted by atomic mass is 9.93. The van der Waals surface area contributed by atoms with E-state index in [9.17, 15) is 0 Å². The monoisotopic (exact) mass is 228 g/mol. The summed E-state index contributed by atoms with van der Waals surface area (Å²) >= 11 is 0. The molecule has 0 aliphatic carbocycles. The second kappa shape index (κ2) is 3.39. The minimum atomic E-state index is 0.787. The molecule has 4 aromatic rings. The predicted molar refractivity (Wildman–Crippen MR) is 76.6 cm³/mol. The van der Waals surface area contributed by atoms with Crippen LogP contribution in [0.2, 0.25) is 0 Å². The second-order valence-corrected chi connectivity index (χ2v) is 4.55. The summed E-state index contributed by atoms with van der Waals surface area (Å²) in [4.78, 5) is 0. The Morgan fingerprint density at radius 2 is 1.61 bits per heavy atom. The highest BCUT2D eigenvalue weighted by Gasteiger charge is 2.07. The van der Waals surface area contributed by atoms with Crippen LogP contribution in [0.15, 0.2) is 59.0 Å². The van der Waals surface area contributed by atoms with E-state index in [0.29, 0.717) is 0 Å². The van der Waals surface area contributed by atoms with Crippen molar-refractivity contribution in [3.63, 3.8) is 0 Å². The Labute approximate surface area is 105 Å². The zero-order valence-electron chi connectivity index (χ0n) is 9.68. The summed E-state index contributed by atoms with van der Waals surface area (Å²) in [6, 6.07) is 18.2. The molecular formula is C16H9BO. The largest absolute Gasteiger partial charge is 0.456 e. The zero-order valence-corrected chi connectivity index (χ0v) is 9.68. The molecule has 82 valence electrons. The number of rotatable bonds is 0. The van der Waals surface area contributed by atoms with Crippen molar-refractivity contribution >= 4 is 46.0 Å². The van der Waals surface area contributed by atoms with Crippen molar-refractivity contribution in [3.8, 4) is 0 Å². The van der Waals surface area contributed by atoms with E-state index in [2.05, 4.69) is 18.2 Å². The van der Waals surface area contributed by atoms with Gasteiger partial charge in [-0.25, -0.2) is 0 Å². The van der Waals surface area contributed by atoms with Crippen LogP contribution in [0, 0.1) is 0 Å². The molecule has 0 atom stereocenters. The van der Waals surface area contributed by atoms with Gasteiger partial charge in [0, 0.05) is 10.8 Å². The molecule has 1 nitrogen and oxygen atoms in total. The lowest BCUT2D eigenvalue weighted by Gasteiger charge is -1.99. The molecule has 0 amide bonds. The molecule has 1 aromatic heterocycles. The Kier molecular flexibility index (Phi) is 1.84. The van der Waals surface area contributed by atoms with Crippen LogP contribution in [0.5, 0.6) is 0 Å². The molecule has 0 aliphatic heterocycles. The first-order valence-electron chi connectivity index (χ1n) is 5.92. The van der Waals surface area contributed by atoms with E-state index >= 15 is 0 Å². The van der Waals surface area contributed by atoms with Crippen LogP contribution in [0.1, 0.15) is 0 Å². The molecule has 0 aliphatic rings. The smallest absolute Gasteiger partial charge is 0.136 e. The van der Waals surface area contributed by atoms with Crippen molar-refractivity contribution in [2.45, 2.75) is 0 Å². The van der Waals surface area contributed by atoms with E-state index in [-0.39, 0.29) is 0 Å². The third kappa shape index (κ3) is 1.29. The maximum atomic E-state index is 5.86. The first-order chi connectivity index (χ1) is 8.81. The summed E-state index contributed by atoms with van der Waals surface area (Å²) in [5.74, 6) is 0. The molecule has 0 N–H and O–H groups in total. The lowest BCUT2D eigenvalue weighted by molar-refractivity contribution is 0.669. The first kappa shape index (κ1) is 9.78. The van der Waals surface area contributed by atoms with Gasteiger partial charge in [-0.15, -0.1) is 0 Å². The van der Waals surface area contributed by atoms with Gasteiger partial charge >= 0.3 is 0 Å². The molecule has 0 saturated heterocycles. The summed E-state index contributed by atoms with van der Waals surface area (Å²) < 4.78 is 5.86. The maximum Gasteiger partial charge on any atom is 0.136 e. The van der Waals surface area contributed by atoms with Gasteiger partial charge in [-0.1, -0.05) is 41.9 Å². The Bertz CT molecular complexity index is 889. The van der Waals surface area contributed by atoms with E-state index in [4.69, 9.17) is 12.3 Å². The van der Waals surface area contributed by atoms with Crippen molar-refractivity contribution < 1.29 is 4.42 Å². The highest BCUT2D eigenvalue weighted by molar-refractivity contribution is 6.33. The molecule has 0 bridgehead atoms. The maximum absolute atomic E-state index is 5.86. The van der Waals surface area contributed by atoms with Gasteiger partial charge < -0.3 is 4.42 Å². The average molecular weight is 228 g/mol. The summed E-state index contributed by atoms with van der Waals surface area (Å²) in [6.45, 7) is 0. The van der Waals surface area contributed by atoms with Crippen molar-refractivity contribution in [1.29, 1.82) is 0 Å². The summed E-state index contributed by atoms with van der Waals surface area (Å²) in [6.07, 6.45) is 0. The summed E-state index contributed by atoms with van der Waals surface area (Å²) in [5, 5.41) is 4.59. The van der Waals surface area contributed by atoms with Gasteiger partial charge in [0.25, 0.3) is 0 Å². The number of hydrogen-bond donors (Lipinski definition) is 0. The van der Waals surface area contributed by atoms with Crippen LogP contribution in [0.3, 0.4) is 0 Å². The van der Waals surface area contributed by atoms with Gasteiger partial charge in [0.1, 0.15) is 19.0 Å². The Hall–Kier alpha value is -2.22. The van der Waals surface area contributed by atoms with Crippen LogP contribution in [-0.4, -0.2) is 7.85 Å². The molecule has 3 aromatic carbocycles. The molecule has 4 rings (SSSR count). The first-order valence-corrected chi connectivity index (χ1v) is 5.92. The van der Waals surface area contributed by atoms with E-state index in [0.717, 1.165) is 38.2 Å². The zero-order chi connectivity index (χ0) is 12.1. The standard InChI is InChI=1S/C16H9BO/c17-12-6-5-10-9-16-14(8-11(10)7-12)13-3-1-2-4-15(13)18-16/h1-9H. The van der Waals surface area contributed by atoms with Gasteiger partial charge in [-0.05, 0) is 29.0 Å². The van der Waals surface area contributed by atoms with Crippen LogP contribution in [-0.2, 0) is 0 Å². The predicted octanol–water partition coefficient (Wildman–Crippen LogP) is 3.53. The third-order valence-corrected chi connectivity index (χ3v) is 3.36. The number of benzene rings is 3.